The molecule has 0 aliphatic carbocycles. The first-order valence-corrected chi connectivity index (χ1v) is 4.26. The highest BCUT2D eigenvalue weighted by Crippen LogP contribution is 2.28. The number of aliphatic carboxylic acids is 1. The van der Waals surface area contributed by atoms with Crippen LogP contribution in [0.25, 0.3) is 0 Å². The number of epoxide rings is 1. The molecule has 1 aromatic rings. The van der Waals surface area contributed by atoms with Crippen molar-refractivity contribution < 1.29 is 14.6 Å². The Morgan fingerprint density at radius 3 is 2.36 bits per heavy atom. The smallest absolute Gasteiger partial charge is 0.327 e. The predicted octanol–water partition coefficient (Wildman–Crippen LogP) is 2.01. The number of hydrogen-bond acceptors (Lipinski definition) is 2. The second kappa shape index (κ2) is 5.19. The first kappa shape index (κ1) is 10.5. The zero-order valence-electron chi connectivity index (χ0n) is 7.72. The van der Waals surface area contributed by atoms with E-state index >= 15 is 0 Å². The normalized spacial score (nSPS) is 17.6. The van der Waals surface area contributed by atoms with Crippen LogP contribution in [0.5, 0.6) is 0 Å². The number of hydrogen-bond donors (Lipinski definition) is 1. The summed E-state index contributed by atoms with van der Waals surface area (Å²) in [6.07, 6.45) is 1.24. The Labute approximate surface area is 82.6 Å². The van der Waals surface area contributed by atoms with E-state index in [1.807, 2.05) is 18.2 Å². The van der Waals surface area contributed by atoms with Gasteiger partial charge in [-0.15, -0.1) is 0 Å². The Morgan fingerprint density at radius 1 is 1.50 bits per heavy atom. The van der Waals surface area contributed by atoms with E-state index in [1.165, 1.54) is 5.56 Å². The number of rotatable bonds is 2. The van der Waals surface area contributed by atoms with Gasteiger partial charge in [0.2, 0.25) is 0 Å². The zero-order chi connectivity index (χ0) is 10.4. The summed E-state index contributed by atoms with van der Waals surface area (Å²) >= 11 is 0. The Kier molecular flexibility index (Phi) is 3.88. The molecule has 0 aromatic heterocycles. The fraction of sp³-hybridized carbons (Fsp3) is 0.182. The van der Waals surface area contributed by atoms with Gasteiger partial charge in [-0.25, -0.2) is 4.79 Å². The predicted molar refractivity (Wildman–Crippen MR) is 53.0 cm³/mol. The van der Waals surface area contributed by atoms with E-state index in [0.29, 0.717) is 6.10 Å². The standard InChI is InChI=1S/C8H8O.C3H4O2/c1-2-4-7(5-3-1)8-6-9-8;1-2-3(4)5/h1-5,8H,6H2;2H,1H2,(H,4,5). The van der Waals surface area contributed by atoms with Crippen molar-refractivity contribution in [2.24, 2.45) is 0 Å². The van der Waals surface area contributed by atoms with Crippen molar-refractivity contribution in [3.05, 3.63) is 48.6 Å². The highest BCUT2D eigenvalue weighted by atomic mass is 16.6. The van der Waals surface area contributed by atoms with Crippen LogP contribution in [0.15, 0.2) is 43.0 Å². The molecule has 14 heavy (non-hydrogen) atoms. The summed E-state index contributed by atoms with van der Waals surface area (Å²) in [5.41, 5.74) is 1.30. The van der Waals surface area contributed by atoms with Crippen LogP contribution in [0.3, 0.4) is 0 Å². The molecule has 3 heteroatoms. The van der Waals surface area contributed by atoms with Crippen molar-refractivity contribution in [3.63, 3.8) is 0 Å². The fourth-order valence-corrected chi connectivity index (χ4v) is 0.908. The summed E-state index contributed by atoms with van der Waals surface area (Å²) in [5.74, 6) is -0.981. The molecule has 2 rings (SSSR count). The van der Waals surface area contributed by atoms with E-state index in [-0.39, 0.29) is 0 Å². The van der Waals surface area contributed by atoms with Crippen LogP contribution in [-0.2, 0) is 9.53 Å². The molecule has 0 bridgehead atoms. The highest BCUT2D eigenvalue weighted by Gasteiger charge is 2.23. The van der Waals surface area contributed by atoms with E-state index in [9.17, 15) is 4.79 Å². The number of carboxylic acids is 1. The lowest BCUT2D eigenvalue weighted by Gasteiger charge is -1.89. The molecule has 74 valence electrons. The van der Waals surface area contributed by atoms with Crippen LogP contribution < -0.4 is 0 Å². The van der Waals surface area contributed by atoms with Crippen LogP contribution in [0.2, 0.25) is 0 Å². The lowest BCUT2D eigenvalue weighted by molar-refractivity contribution is -0.131. The Bertz CT molecular complexity index is 302. The molecular weight excluding hydrogens is 180 g/mol. The summed E-state index contributed by atoms with van der Waals surface area (Å²) in [5, 5.41) is 7.60. The van der Waals surface area contributed by atoms with Gasteiger partial charge in [0.25, 0.3) is 0 Å². The maximum atomic E-state index is 9.25. The molecule has 1 aromatic carbocycles. The van der Waals surface area contributed by atoms with Crippen molar-refractivity contribution in [3.8, 4) is 0 Å². The van der Waals surface area contributed by atoms with Gasteiger partial charge in [-0.3, -0.25) is 0 Å². The van der Waals surface area contributed by atoms with Crippen LogP contribution in [0.1, 0.15) is 11.7 Å². The van der Waals surface area contributed by atoms with E-state index in [2.05, 4.69) is 18.7 Å². The molecule has 1 N–H and O–H groups in total. The topological polar surface area (TPSA) is 49.8 Å². The first-order chi connectivity index (χ1) is 6.74. The maximum Gasteiger partial charge on any atom is 0.327 e. The van der Waals surface area contributed by atoms with Crippen molar-refractivity contribution in [1.82, 2.24) is 0 Å². The molecule has 1 aliphatic heterocycles. The van der Waals surface area contributed by atoms with Crippen molar-refractivity contribution in [2.75, 3.05) is 6.61 Å². The van der Waals surface area contributed by atoms with Gasteiger partial charge in [0.05, 0.1) is 6.61 Å². The van der Waals surface area contributed by atoms with Crippen LogP contribution in [0, 0.1) is 0 Å². The lowest BCUT2D eigenvalue weighted by Crippen LogP contribution is -1.82. The van der Waals surface area contributed by atoms with Crippen LogP contribution in [-0.4, -0.2) is 17.7 Å². The molecule has 0 saturated carbocycles. The van der Waals surface area contributed by atoms with Gasteiger partial charge in [-0.2, -0.15) is 0 Å². The van der Waals surface area contributed by atoms with Gasteiger partial charge >= 0.3 is 5.97 Å². The molecule has 1 unspecified atom stereocenters. The van der Waals surface area contributed by atoms with Crippen molar-refractivity contribution in [2.45, 2.75) is 6.10 Å². The van der Waals surface area contributed by atoms with Crippen molar-refractivity contribution >= 4 is 5.97 Å². The third-order valence-electron chi connectivity index (χ3n) is 1.68. The second-order valence-corrected chi connectivity index (χ2v) is 2.78. The minimum Gasteiger partial charge on any atom is -0.478 e. The number of carbonyl (C=O) groups is 1. The first-order valence-electron chi connectivity index (χ1n) is 4.26. The summed E-state index contributed by atoms with van der Waals surface area (Å²) < 4.78 is 5.09. The molecular formula is C11H12O3. The van der Waals surface area contributed by atoms with Gasteiger partial charge in [0.1, 0.15) is 6.10 Å². The molecule has 1 aliphatic rings. The molecule has 1 saturated heterocycles. The molecule has 1 heterocycles. The van der Waals surface area contributed by atoms with Gasteiger partial charge in [0, 0.05) is 6.08 Å². The molecule has 0 radical (unpaired) electrons. The monoisotopic (exact) mass is 192 g/mol. The quantitative estimate of drug-likeness (QED) is 0.576. The van der Waals surface area contributed by atoms with Crippen LogP contribution >= 0.6 is 0 Å². The second-order valence-electron chi connectivity index (χ2n) is 2.78. The van der Waals surface area contributed by atoms with Gasteiger partial charge < -0.3 is 9.84 Å². The SMILES string of the molecule is C=CC(=O)O.c1ccc(C2CO2)cc1. The largest absolute Gasteiger partial charge is 0.478 e. The minimum absolute atomic E-state index is 0.409. The van der Waals surface area contributed by atoms with E-state index in [1.54, 1.807) is 0 Å². The molecule has 1 fully saturated rings. The zero-order valence-corrected chi connectivity index (χ0v) is 7.72. The van der Waals surface area contributed by atoms with Crippen molar-refractivity contribution in [1.29, 1.82) is 0 Å². The third kappa shape index (κ3) is 3.87. The van der Waals surface area contributed by atoms with Gasteiger partial charge in [-0.05, 0) is 5.56 Å². The summed E-state index contributed by atoms with van der Waals surface area (Å²) in [7, 11) is 0. The minimum atomic E-state index is -0.981. The van der Waals surface area contributed by atoms with Crippen LogP contribution in [0.4, 0.5) is 0 Å². The summed E-state index contributed by atoms with van der Waals surface area (Å²) in [4.78, 5) is 9.25. The number of ether oxygens (including phenoxy) is 1. The average molecular weight is 192 g/mol. The molecule has 1 atom stereocenters. The van der Waals surface area contributed by atoms with Gasteiger partial charge in [-0.1, -0.05) is 36.9 Å². The van der Waals surface area contributed by atoms with E-state index in [0.717, 1.165) is 12.7 Å². The maximum absolute atomic E-state index is 9.25. The summed E-state index contributed by atoms with van der Waals surface area (Å²) in [6.45, 7) is 3.87. The van der Waals surface area contributed by atoms with E-state index < -0.39 is 5.97 Å². The fourth-order valence-electron chi connectivity index (χ4n) is 0.908. The third-order valence-corrected chi connectivity index (χ3v) is 1.68. The Balaban J connectivity index is 0.000000171. The number of benzene rings is 1. The molecule has 0 amide bonds. The average Bonchev–Trinajstić information content (AvgIpc) is 3.03. The van der Waals surface area contributed by atoms with E-state index in [4.69, 9.17) is 9.84 Å². The summed E-state index contributed by atoms with van der Waals surface area (Å²) in [6, 6.07) is 10.3. The number of carboxylic acid groups (broad SMARTS) is 1. The Hall–Kier alpha value is -1.61. The Morgan fingerprint density at radius 2 is 2.00 bits per heavy atom. The lowest BCUT2D eigenvalue weighted by atomic mass is 10.2. The van der Waals surface area contributed by atoms with Gasteiger partial charge in [0.15, 0.2) is 0 Å². The molecule has 3 nitrogen and oxygen atoms in total. The molecule has 0 spiro atoms. The highest BCUT2D eigenvalue weighted by molar-refractivity contribution is 5.78.